The van der Waals surface area contributed by atoms with Gasteiger partial charge >= 0.3 is 0 Å². The van der Waals surface area contributed by atoms with Crippen LogP contribution in [0.15, 0.2) is 5.38 Å². The molecule has 1 aromatic rings. The Bertz CT molecular complexity index is 382. The Balaban J connectivity index is 2.88. The number of hydrogen-bond donors (Lipinski definition) is 1. The van der Waals surface area contributed by atoms with Crippen molar-refractivity contribution in [1.82, 2.24) is 10.3 Å². The summed E-state index contributed by atoms with van der Waals surface area (Å²) in [4.78, 5) is 4.87. The summed E-state index contributed by atoms with van der Waals surface area (Å²) in [5.74, 6) is 0. The van der Waals surface area contributed by atoms with Crippen LogP contribution >= 0.6 is 11.3 Å². The highest BCUT2D eigenvalue weighted by molar-refractivity contribution is 7.09. The Labute approximate surface area is 123 Å². The topological polar surface area (TPSA) is 24.9 Å². The van der Waals surface area contributed by atoms with Gasteiger partial charge in [-0.15, -0.1) is 11.3 Å². The van der Waals surface area contributed by atoms with Crippen molar-refractivity contribution < 1.29 is 0 Å². The van der Waals surface area contributed by atoms with Gasteiger partial charge in [0.2, 0.25) is 0 Å². The van der Waals surface area contributed by atoms with Gasteiger partial charge in [0.1, 0.15) is 5.01 Å². The highest BCUT2D eigenvalue weighted by Gasteiger charge is 2.24. The SMILES string of the molecule is CCCNC(CC(C)(C)C)c1nc(C(C)(C)C)cs1. The quantitative estimate of drug-likeness (QED) is 0.829. The number of nitrogens with one attached hydrogen (secondary N) is 1. The Morgan fingerprint density at radius 3 is 2.26 bits per heavy atom. The molecule has 0 saturated carbocycles. The normalized spacial score (nSPS) is 14.7. The van der Waals surface area contributed by atoms with Crippen molar-refractivity contribution in [3.05, 3.63) is 16.1 Å². The van der Waals surface area contributed by atoms with Crippen molar-refractivity contribution in [2.24, 2.45) is 5.41 Å². The van der Waals surface area contributed by atoms with E-state index in [4.69, 9.17) is 4.98 Å². The second-order valence-corrected chi connectivity index (χ2v) is 8.48. The fourth-order valence-corrected chi connectivity index (χ4v) is 3.09. The molecule has 1 unspecified atom stereocenters. The van der Waals surface area contributed by atoms with Crippen molar-refractivity contribution in [2.75, 3.05) is 6.54 Å². The summed E-state index contributed by atoms with van der Waals surface area (Å²) in [5.41, 5.74) is 1.68. The molecule has 1 N–H and O–H groups in total. The minimum Gasteiger partial charge on any atom is -0.308 e. The molecule has 0 saturated heterocycles. The van der Waals surface area contributed by atoms with Gasteiger partial charge in [0, 0.05) is 10.8 Å². The highest BCUT2D eigenvalue weighted by atomic mass is 32.1. The predicted octanol–water partition coefficient (Wildman–Crippen LogP) is 4.92. The van der Waals surface area contributed by atoms with Crippen LogP contribution in [0.25, 0.3) is 0 Å². The molecule has 0 fully saturated rings. The largest absolute Gasteiger partial charge is 0.308 e. The minimum absolute atomic E-state index is 0.145. The van der Waals surface area contributed by atoms with Crippen molar-refractivity contribution in [3.8, 4) is 0 Å². The first-order chi connectivity index (χ1) is 8.63. The molecular weight excluding hydrogens is 252 g/mol. The van der Waals surface area contributed by atoms with Gasteiger partial charge in [-0.25, -0.2) is 4.98 Å². The summed E-state index contributed by atoms with van der Waals surface area (Å²) in [6.45, 7) is 16.8. The fourth-order valence-electron chi connectivity index (χ4n) is 1.97. The van der Waals surface area contributed by atoms with Crippen LogP contribution in [-0.4, -0.2) is 11.5 Å². The van der Waals surface area contributed by atoms with E-state index in [0.29, 0.717) is 11.5 Å². The standard InChI is InChI=1S/C16H30N2S/c1-8-9-17-12(10-15(2,3)4)14-18-13(11-19-14)16(5,6)7/h11-12,17H,8-10H2,1-7H3. The number of hydrogen-bond acceptors (Lipinski definition) is 3. The molecule has 0 amide bonds. The number of thiazole rings is 1. The van der Waals surface area contributed by atoms with Gasteiger partial charge in [-0.05, 0) is 24.8 Å². The lowest BCUT2D eigenvalue weighted by atomic mass is 9.88. The van der Waals surface area contributed by atoms with Crippen LogP contribution in [0.5, 0.6) is 0 Å². The molecule has 1 rings (SSSR count). The van der Waals surface area contributed by atoms with E-state index in [1.807, 2.05) is 0 Å². The Morgan fingerprint density at radius 1 is 1.21 bits per heavy atom. The van der Waals surface area contributed by atoms with Crippen LogP contribution in [0.3, 0.4) is 0 Å². The predicted molar refractivity (Wildman–Crippen MR) is 85.9 cm³/mol. The van der Waals surface area contributed by atoms with Crippen LogP contribution < -0.4 is 5.32 Å². The summed E-state index contributed by atoms with van der Waals surface area (Å²) in [5, 5.41) is 7.12. The zero-order valence-corrected chi connectivity index (χ0v) is 14.4. The molecule has 0 aliphatic carbocycles. The molecule has 0 aliphatic rings. The second kappa shape index (κ2) is 6.36. The van der Waals surface area contributed by atoms with Gasteiger partial charge < -0.3 is 5.32 Å². The third-order valence-electron chi connectivity index (χ3n) is 3.05. The van der Waals surface area contributed by atoms with E-state index in [2.05, 4.69) is 59.2 Å². The maximum atomic E-state index is 4.87. The smallest absolute Gasteiger partial charge is 0.110 e. The number of rotatable bonds is 5. The lowest BCUT2D eigenvalue weighted by Crippen LogP contribution is -2.26. The molecule has 1 atom stereocenters. The van der Waals surface area contributed by atoms with Crippen LogP contribution in [0, 0.1) is 5.41 Å². The highest BCUT2D eigenvalue weighted by Crippen LogP contribution is 2.33. The van der Waals surface area contributed by atoms with Crippen molar-refractivity contribution in [2.45, 2.75) is 72.8 Å². The maximum absolute atomic E-state index is 4.87. The van der Waals surface area contributed by atoms with Gasteiger partial charge in [0.05, 0.1) is 11.7 Å². The van der Waals surface area contributed by atoms with Crippen LogP contribution in [0.1, 0.15) is 78.1 Å². The average molecular weight is 282 g/mol. The molecule has 0 aromatic carbocycles. The molecule has 0 spiro atoms. The second-order valence-electron chi connectivity index (χ2n) is 7.59. The van der Waals surface area contributed by atoms with E-state index >= 15 is 0 Å². The van der Waals surface area contributed by atoms with Crippen LogP contribution in [0.2, 0.25) is 0 Å². The van der Waals surface area contributed by atoms with E-state index in [1.54, 1.807) is 11.3 Å². The van der Waals surface area contributed by atoms with Crippen molar-refractivity contribution in [1.29, 1.82) is 0 Å². The first-order valence-corrected chi connectivity index (χ1v) is 8.21. The molecule has 2 nitrogen and oxygen atoms in total. The van der Waals surface area contributed by atoms with Crippen molar-refractivity contribution in [3.63, 3.8) is 0 Å². The molecule has 0 radical (unpaired) electrons. The molecule has 1 heterocycles. The summed E-state index contributed by atoms with van der Waals surface area (Å²) in [6.07, 6.45) is 2.29. The third-order valence-corrected chi connectivity index (χ3v) is 4.00. The minimum atomic E-state index is 0.145. The van der Waals surface area contributed by atoms with Gasteiger partial charge in [-0.2, -0.15) is 0 Å². The molecule has 110 valence electrons. The van der Waals surface area contributed by atoms with Gasteiger partial charge in [-0.3, -0.25) is 0 Å². The maximum Gasteiger partial charge on any atom is 0.110 e. The summed E-state index contributed by atoms with van der Waals surface area (Å²) in [7, 11) is 0. The summed E-state index contributed by atoms with van der Waals surface area (Å²) < 4.78 is 0. The van der Waals surface area contributed by atoms with Crippen LogP contribution in [-0.2, 0) is 5.41 Å². The molecule has 3 heteroatoms. The lowest BCUT2D eigenvalue weighted by molar-refractivity contribution is 0.310. The fraction of sp³-hybridized carbons (Fsp3) is 0.812. The van der Waals surface area contributed by atoms with E-state index in [1.165, 1.54) is 10.7 Å². The van der Waals surface area contributed by atoms with E-state index in [-0.39, 0.29) is 5.41 Å². The lowest BCUT2D eigenvalue weighted by Gasteiger charge is -2.25. The summed E-state index contributed by atoms with van der Waals surface area (Å²) in [6, 6.07) is 0.390. The molecular formula is C16H30N2S. The average Bonchev–Trinajstić information content (AvgIpc) is 2.71. The van der Waals surface area contributed by atoms with Crippen LogP contribution in [0.4, 0.5) is 0 Å². The Kier molecular flexibility index (Phi) is 5.57. The molecule has 19 heavy (non-hydrogen) atoms. The monoisotopic (exact) mass is 282 g/mol. The zero-order valence-electron chi connectivity index (χ0n) is 13.6. The number of nitrogens with zero attached hydrogens (tertiary/aromatic N) is 1. The van der Waals surface area contributed by atoms with Gasteiger partial charge in [0.25, 0.3) is 0 Å². The number of aromatic nitrogens is 1. The summed E-state index contributed by atoms with van der Waals surface area (Å²) >= 11 is 1.80. The van der Waals surface area contributed by atoms with E-state index in [0.717, 1.165) is 19.4 Å². The van der Waals surface area contributed by atoms with E-state index in [9.17, 15) is 0 Å². The molecule has 0 bridgehead atoms. The molecule has 1 aromatic heterocycles. The van der Waals surface area contributed by atoms with Gasteiger partial charge in [0.15, 0.2) is 0 Å². The first-order valence-electron chi connectivity index (χ1n) is 7.33. The van der Waals surface area contributed by atoms with E-state index < -0.39 is 0 Å². The Hall–Kier alpha value is -0.410. The molecule has 0 aliphatic heterocycles. The third kappa shape index (κ3) is 5.62. The van der Waals surface area contributed by atoms with Gasteiger partial charge in [-0.1, -0.05) is 48.5 Å². The first kappa shape index (κ1) is 16.6. The van der Waals surface area contributed by atoms with Crippen molar-refractivity contribution >= 4 is 11.3 Å². The zero-order chi connectivity index (χ0) is 14.7. The Morgan fingerprint density at radius 2 is 1.84 bits per heavy atom.